The number of benzene rings is 3. The summed E-state index contributed by atoms with van der Waals surface area (Å²) in [5, 5.41) is 5.34. The Hall–Kier alpha value is -2.47. The molecule has 148 valence electrons. The Labute approximate surface area is 183 Å². The Morgan fingerprint density at radius 2 is 1.72 bits per heavy atom. The fourth-order valence-corrected chi connectivity index (χ4v) is 3.32. The number of hydrogen-bond donors (Lipinski definition) is 1. The first-order chi connectivity index (χ1) is 14.1. The van der Waals surface area contributed by atoms with Gasteiger partial charge in [0.15, 0.2) is 0 Å². The van der Waals surface area contributed by atoms with Crippen molar-refractivity contribution in [3.8, 4) is 5.75 Å². The molecule has 0 aromatic heterocycles. The van der Waals surface area contributed by atoms with Crippen LogP contribution in [0.15, 0.2) is 82.8 Å². The third kappa shape index (κ3) is 7.13. The summed E-state index contributed by atoms with van der Waals surface area (Å²) in [6.07, 6.45) is 1.59. The Bertz CT molecular complexity index is 977. The number of nitrogens with zero attached hydrogens (tertiary/aromatic N) is 1. The van der Waals surface area contributed by atoms with Gasteiger partial charge in [-0.15, -0.1) is 11.8 Å². The molecule has 1 N–H and O–H groups in total. The number of hydrazone groups is 1. The van der Waals surface area contributed by atoms with Gasteiger partial charge in [0, 0.05) is 20.5 Å². The predicted molar refractivity (Wildman–Crippen MR) is 120 cm³/mol. The lowest BCUT2D eigenvalue weighted by atomic mass is 10.2. The molecule has 7 heteroatoms. The van der Waals surface area contributed by atoms with Gasteiger partial charge in [-0.3, -0.25) is 4.79 Å². The molecule has 0 unspecified atom stereocenters. The Kier molecular flexibility index (Phi) is 7.99. The monoisotopic (exact) mass is 444 g/mol. The first kappa shape index (κ1) is 21.2. The van der Waals surface area contributed by atoms with E-state index in [1.807, 2.05) is 60.7 Å². The minimum Gasteiger partial charge on any atom is -0.489 e. The van der Waals surface area contributed by atoms with E-state index in [1.165, 1.54) is 11.8 Å². The van der Waals surface area contributed by atoms with Gasteiger partial charge in [0.2, 0.25) is 5.91 Å². The second-order valence-corrected chi connectivity index (χ2v) is 7.88. The van der Waals surface area contributed by atoms with Crippen LogP contribution in [-0.2, 0) is 11.4 Å². The fourth-order valence-electron chi connectivity index (χ4n) is 2.32. The van der Waals surface area contributed by atoms with Crippen LogP contribution in [-0.4, -0.2) is 17.9 Å². The number of hydrogen-bond acceptors (Lipinski definition) is 4. The summed E-state index contributed by atoms with van der Waals surface area (Å²) in [4.78, 5) is 12.8. The zero-order chi connectivity index (χ0) is 20.5. The van der Waals surface area contributed by atoms with Gasteiger partial charge in [-0.1, -0.05) is 41.4 Å². The quantitative estimate of drug-likeness (QED) is 0.270. The number of nitrogens with one attached hydrogen (secondary N) is 1. The zero-order valence-electron chi connectivity index (χ0n) is 15.3. The average molecular weight is 445 g/mol. The second-order valence-electron chi connectivity index (χ2n) is 5.98. The minimum atomic E-state index is -0.180. The molecule has 0 bridgehead atoms. The molecule has 0 aliphatic carbocycles. The van der Waals surface area contributed by atoms with Crippen molar-refractivity contribution in [2.75, 3.05) is 5.75 Å². The van der Waals surface area contributed by atoms with Crippen LogP contribution in [0.4, 0.5) is 0 Å². The molecule has 0 aliphatic rings. The summed E-state index contributed by atoms with van der Waals surface area (Å²) in [5.74, 6) is 0.819. The lowest BCUT2D eigenvalue weighted by molar-refractivity contribution is -0.118. The molecule has 0 aliphatic heterocycles. The molecular formula is C22H18Cl2N2O2S. The van der Waals surface area contributed by atoms with Crippen molar-refractivity contribution in [3.63, 3.8) is 0 Å². The van der Waals surface area contributed by atoms with Crippen molar-refractivity contribution < 1.29 is 9.53 Å². The van der Waals surface area contributed by atoms with E-state index in [1.54, 1.807) is 18.3 Å². The van der Waals surface area contributed by atoms with Crippen molar-refractivity contribution in [2.45, 2.75) is 11.5 Å². The summed E-state index contributed by atoms with van der Waals surface area (Å²) in [6.45, 7) is 0.397. The summed E-state index contributed by atoms with van der Waals surface area (Å²) >= 11 is 13.4. The van der Waals surface area contributed by atoms with E-state index in [0.717, 1.165) is 21.8 Å². The maximum absolute atomic E-state index is 11.9. The molecule has 4 nitrogen and oxygen atoms in total. The number of carbonyl (C=O) groups excluding carboxylic acids is 1. The topological polar surface area (TPSA) is 50.7 Å². The largest absolute Gasteiger partial charge is 0.489 e. The Morgan fingerprint density at radius 1 is 1.00 bits per heavy atom. The van der Waals surface area contributed by atoms with E-state index in [9.17, 15) is 4.79 Å². The van der Waals surface area contributed by atoms with E-state index in [4.69, 9.17) is 27.9 Å². The standard InChI is InChI=1S/C22H18Cl2N2O2S/c23-18-7-11-20(12-8-18)29-15-22(27)26-25-13-16-5-9-19(10-6-16)28-14-17-3-1-2-4-21(17)24/h1-13H,14-15H2,(H,26,27)/b25-13+. The smallest absolute Gasteiger partial charge is 0.250 e. The SMILES string of the molecule is O=C(CSc1ccc(Cl)cc1)N/N=C/c1ccc(OCc2ccccc2Cl)cc1. The molecular weight excluding hydrogens is 427 g/mol. The highest BCUT2D eigenvalue weighted by Crippen LogP contribution is 2.20. The molecule has 0 spiro atoms. The Morgan fingerprint density at radius 3 is 2.45 bits per heavy atom. The molecule has 0 atom stereocenters. The van der Waals surface area contributed by atoms with Crippen LogP contribution < -0.4 is 10.2 Å². The summed E-state index contributed by atoms with van der Waals surface area (Å²) in [6, 6.07) is 22.3. The minimum absolute atomic E-state index is 0.180. The molecule has 0 fully saturated rings. The molecule has 3 rings (SSSR count). The first-order valence-corrected chi connectivity index (χ1v) is 10.5. The predicted octanol–water partition coefficient (Wildman–Crippen LogP) is 5.81. The zero-order valence-corrected chi connectivity index (χ0v) is 17.7. The lowest BCUT2D eigenvalue weighted by Crippen LogP contribution is -2.19. The van der Waals surface area contributed by atoms with Gasteiger partial charge in [-0.25, -0.2) is 5.43 Å². The molecule has 0 heterocycles. The molecule has 3 aromatic rings. The number of carbonyl (C=O) groups is 1. The molecule has 0 saturated heterocycles. The number of thioether (sulfide) groups is 1. The van der Waals surface area contributed by atoms with Crippen molar-refractivity contribution in [1.29, 1.82) is 0 Å². The van der Waals surface area contributed by atoms with E-state index in [0.29, 0.717) is 16.7 Å². The summed E-state index contributed by atoms with van der Waals surface area (Å²) < 4.78 is 5.74. The molecule has 3 aromatic carbocycles. The van der Waals surface area contributed by atoms with E-state index in [2.05, 4.69) is 10.5 Å². The summed E-state index contributed by atoms with van der Waals surface area (Å²) in [5.41, 5.74) is 4.30. The Balaban J connectivity index is 1.42. The fraction of sp³-hybridized carbons (Fsp3) is 0.0909. The molecule has 29 heavy (non-hydrogen) atoms. The normalized spacial score (nSPS) is 10.8. The molecule has 0 radical (unpaired) electrons. The van der Waals surface area contributed by atoms with Crippen LogP contribution in [0.25, 0.3) is 0 Å². The van der Waals surface area contributed by atoms with Gasteiger partial charge < -0.3 is 4.74 Å². The van der Waals surface area contributed by atoms with Crippen LogP contribution in [0.5, 0.6) is 5.75 Å². The van der Waals surface area contributed by atoms with E-state index >= 15 is 0 Å². The van der Waals surface area contributed by atoms with Crippen molar-refractivity contribution >= 4 is 47.1 Å². The van der Waals surface area contributed by atoms with E-state index in [-0.39, 0.29) is 11.7 Å². The number of halogens is 2. The number of amides is 1. The van der Waals surface area contributed by atoms with Crippen LogP contribution in [0.1, 0.15) is 11.1 Å². The van der Waals surface area contributed by atoms with Gasteiger partial charge in [-0.2, -0.15) is 5.10 Å². The van der Waals surface area contributed by atoms with Gasteiger partial charge in [0.1, 0.15) is 12.4 Å². The molecule has 1 amide bonds. The average Bonchev–Trinajstić information content (AvgIpc) is 2.74. The van der Waals surface area contributed by atoms with Crippen molar-refractivity contribution in [2.24, 2.45) is 5.10 Å². The van der Waals surface area contributed by atoms with Crippen LogP contribution in [0, 0.1) is 0 Å². The summed E-state index contributed by atoms with van der Waals surface area (Å²) in [7, 11) is 0. The number of ether oxygens (including phenoxy) is 1. The van der Waals surface area contributed by atoms with Crippen LogP contribution >= 0.6 is 35.0 Å². The van der Waals surface area contributed by atoms with Gasteiger partial charge in [0.05, 0.1) is 12.0 Å². The third-order valence-electron chi connectivity index (χ3n) is 3.82. The maximum Gasteiger partial charge on any atom is 0.250 e. The van der Waals surface area contributed by atoms with Crippen LogP contribution in [0.3, 0.4) is 0 Å². The van der Waals surface area contributed by atoms with E-state index < -0.39 is 0 Å². The maximum atomic E-state index is 11.9. The highest BCUT2D eigenvalue weighted by Gasteiger charge is 2.02. The van der Waals surface area contributed by atoms with Crippen molar-refractivity contribution in [1.82, 2.24) is 5.43 Å². The highest BCUT2D eigenvalue weighted by atomic mass is 35.5. The van der Waals surface area contributed by atoms with Gasteiger partial charge in [0.25, 0.3) is 0 Å². The van der Waals surface area contributed by atoms with Crippen molar-refractivity contribution in [3.05, 3.63) is 94.0 Å². The van der Waals surface area contributed by atoms with Crippen LogP contribution in [0.2, 0.25) is 10.0 Å². The second kappa shape index (κ2) is 10.9. The molecule has 0 saturated carbocycles. The first-order valence-electron chi connectivity index (χ1n) is 8.77. The van der Waals surface area contributed by atoms with Gasteiger partial charge >= 0.3 is 0 Å². The van der Waals surface area contributed by atoms with Gasteiger partial charge in [-0.05, 0) is 60.2 Å². The third-order valence-corrected chi connectivity index (χ3v) is 5.45. The highest BCUT2D eigenvalue weighted by molar-refractivity contribution is 8.00. The lowest BCUT2D eigenvalue weighted by Gasteiger charge is -2.07. The number of rotatable bonds is 8.